The number of aliphatic hydroxyl groups excluding tert-OH is 1. The van der Waals surface area contributed by atoms with Crippen LogP contribution in [0.25, 0.3) is 0 Å². The third kappa shape index (κ3) is 5.08. The van der Waals surface area contributed by atoms with E-state index in [9.17, 15) is 5.11 Å². The molecule has 0 amide bonds. The van der Waals surface area contributed by atoms with Gasteiger partial charge in [0.2, 0.25) is 0 Å². The van der Waals surface area contributed by atoms with E-state index in [1.54, 1.807) is 0 Å². The Hall–Kier alpha value is -0.560. The molecule has 1 atom stereocenters. The van der Waals surface area contributed by atoms with Crippen molar-refractivity contribution in [2.24, 2.45) is 5.41 Å². The first-order chi connectivity index (χ1) is 7.94. The lowest BCUT2D eigenvalue weighted by atomic mass is 9.92. The molecule has 1 fully saturated rings. The van der Waals surface area contributed by atoms with E-state index in [0.29, 0.717) is 0 Å². The van der Waals surface area contributed by atoms with E-state index < -0.39 is 0 Å². The van der Waals surface area contributed by atoms with Crippen LogP contribution in [0, 0.1) is 5.41 Å². The molecule has 1 rings (SSSR count). The highest BCUT2D eigenvalue weighted by molar-refractivity contribution is 5.31. The van der Waals surface area contributed by atoms with Crippen molar-refractivity contribution in [3.8, 4) is 0 Å². The minimum Gasteiger partial charge on any atom is -0.384 e. The van der Waals surface area contributed by atoms with Crippen LogP contribution in [-0.2, 0) is 0 Å². The first-order valence-electron chi connectivity index (χ1n) is 7.02. The lowest BCUT2D eigenvalue weighted by molar-refractivity contribution is 0.252. The maximum absolute atomic E-state index is 10.2. The Balaban J connectivity index is 2.55. The average molecular weight is 236 g/mol. The lowest BCUT2D eigenvalue weighted by Gasteiger charge is -2.16. The van der Waals surface area contributed by atoms with E-state index in [4.69, 9.17) is 0 Å². The Morgan fingerprint density at radius 1 is 1.18 bits per heavy atom. The molecule has 1 nitrogen and oxygen atoms in total. The summed E-state index contributed by atoms with van der Waals surface area (Å²) < 4.78 is 0. The standard InChI is InChI=1S/C16H28O/c1-5-6-7-8-9-13-10-11-14(15(13)17)12-16(2,3)4/h9,12,15,17H,5-8,10-11H2,1-4H3. The molecule has 1 heteroatoms. The normalized spacial score (nSPS) is 26.1. The largest absolute Gasteiger partial charge is 0.384 e. The van der Waals surface area contributed by atoms with Gasteiger partial charge < -0.3 is 5.11 Å². The fourth-order valence-electron chi connectivity index (χ4n) is 2.40. The van der Waals surface area contributed by atoms with Crippen LogP contribution >= 0.6 is 0 Å². The summed E-state index contributed by atoms with van der Waals surface area (Å²) in [5.41, 5.74) is 2.64. The minimum absolute atomic E-state index is 0.175. The second-order valence-corrected chi connectivity index (χ2v) is 6.26. The van der Waals surface area contributed by atoms with Crippen LogP contribution in [0.3, 0.4) is 0 Å². The van der Waals surface area contributed by atoms with Gasteiger partial charge in [0.25, 0.3) is 0 Å². The van der Waals surface area contributed by atoms with Crippen molar-refractivity contribution in [2.75, 3.05) is 0 Å². The molecule has 1 saturated carbocycles. The summed E-state index contributed by atoms with van der Waals surface area (Å²) in [6.07, 6.45) is 11.2. The zero-order valence-corrected chi connectivity index (χ0v) is 11.9. The number of allylic oxidation sites excluding steroid dienone is 2. The van der Waals surface area contributed by atoms with E-state index >= 15 is 0 Å². The van der Waals surface area contributed by atoms with Gasteiger partial charge in [0.1, 0.15) is 0 Å². The molecule has 0 aromatic heterocycles. The molecular formula is C16H28O. The van der Waals surface area contributed by atoms with Gasteiger partial charge in [-0.25, -0.2) is 0 Å². The lowest BCUT2D eigenvalue weighted by Crippen LogP contribution is -2.09. The van der Waals surface area contributed by atoms with Crippen LogP contribution in [0.1, 0.15) is 66.2 Å². The number of rotatable bonds is 4. The third-order valence-corrected chi connectivity index (χ3v) is 3.24. The van der Waals surface area contributed by atoms with Crippen molar-refractivity contribution in [3.05, 3.63) is 23.3 Å². The number of hydrogen-bond donors (Lipinski definition) is 1. The summed E-state index contributed by atoms with van der Waals surface area (Å²) in [5.74, 6) is 0. The van der Waals surface area contributed by atoms with Gasteiger partial charge in [0.15, 0.2) is 0 Å². The van der Waals surface area contributed by atoms with Gasteiger partial charge in [0, 0.05) is 0 Å². The monoisotopic (exact) mass is 236 g/mol. The molecule has 1 N–H and O–H groups in total. The second-order valence-electron chi connectivity index (χ2n) is 6.26. The molecule has 0 saturated heterocycles. The minimum atomic E-state index is -0.296. The molecule has 0 aromatic carbocycles. The number of aliphatic hydroxyl groups is 1. The zero-order chi connectivity index (χ0) is 12.9. The number of unbranched alkanes of at least 4 members (excludes halogenated alkanes) is 3. The van der Waals surface area contributed by atoms with E-state index in [1.807, 2.05) is 0 Å². The molecule has 1 aliphatic carbocycles. The predicted octanol–water partition coefficient (Wildman–Crippen LogP) is 4.62. The van der Waals surface area contributed by atoms with Crippen LogP contribution in [0.5, 0.6) is 0 Å². The smallest absolute Gasteiger partial charge is 0.0961 e. The summed E-state index contributed by atoms with van der Waals surface area (Å²) in [7, 11) is 0. The summed E-state index contributed by atoms with van der Waals surface area (Å²) in [4.78, 5) is 0. The topological polar surface area (TPSA) is 20.2 Å². The van der Waals surface area contributed by atoms with Gasteiger partial charge in [-0.05, 0) is 42.2 Å². The molecule has 1 unspecified atom stereocenters. The molecule has 0 aromatic rings. The van der Waals surface area contributed by atoms with Crippen molar-refractivity contribution >= 4 is 0 Å². The molecule has 98 valence electrons. The van der Waals surface area contributed by atoms with Crippen molar-refractivity contribution in [2.45, 2.75) is 72.3 Å². The first kappa shape index (κ1) is 14.5. The highest BCUT2D eigenvalue weighted by Crippen LogP contribution is 2.33. The van der Waals surface area contributed by atoms with E-state index in [1.165, 1.54) is 30.4 Å². The molecule has 1 aliphatic rings. The maximum atomic E-state index is 10.2. The van der Waals surface area contributed by atoms with E-state index in [-0.39, 0.29) is 11.5 Å². The fraction of sp³-hybridized carbons (Fsp3) is 0.750. The van der Waals surface area contributed by atoms with Crippen LogP contribution < -0.4 is 0 Å². The van der Waals surface area contributed by atoms with Crippen LogP contribution in [0.2, 0.25) is 0 Å². The molecule has 17 heavy (non-hydrogen) atoms. The zero-order valence-electron chi connectivity index (χ0n) is 11.9. The van der Waals surface area contributed by atoms with Crippen molar-refractivity contribution in [1.29, 1.82) is 0 Å². The fourth-order valence-corrected chi connectivity index (χ4v) is 2.40. The van der Waals surface area contributed by atoms with Gasteiger partial charge in [-0.1, -0.05) is 52.7 Å². The van der Waals surface area contributed by atoms with Gasteiger partial charge in [-0.3, -0.25) is 0 Å². The molecule has 0 spiro atoms. The molecular weight excluding hydrogens is 208 g/mol. The summed E-state index contributed by atoms with van der Waals surface area (Å²) in [6, 6.07) is 0. The quantitative estimate of drug-likeness (QED) is 0.558. The van der Waals surface area contributed by atoms with Gasteiger partial charge in [-0.2, -0.15) is 0 Å². The van der Waals surface area contributed by atoms with Crippen molar-refractivity contribution in [1.82, 2.24) is 0 Å². The summed E-state index contributed by atoms with van der Waals surface area (Å²) in [5, 5.41) is 10.2. The Morgan fingerprint density at radius 2 is 1.82 bits per heavy atom. The van der Waals surface area contributed by atoms with Crippen LogP contribution in [0.4, 0.5) is 0 Å². The average Bonchev–Trinajstić information content (AvgIpc) is 2.54. The van der Waals surface area contributed by atoms with E-state index in [2.05, 4.69) is 39.8 Å². The second kappa shape index (κ2) is 6.39. The van der Waals surface area contributed by atoms with Gasteiger partial charge in [-0.15, -0.1) is 0 Å². The molecule has 0 aliphatic heterocycles. The SMILES string of the molecule is CCCCCC=C1CCC(=CC(C)(C)C)C1O. The Bertz CT molecular complexity index is 291. The highest BCUT2D eigenvalue weighted by Gasteiger charge is 2.24. The highest BCUT2D eigenvalue weighted by atomic mass is 16.3. The molecule has 0 radical (unpaired) electrons. The van der Waals surface area contributed by atoms with Gasteiger partial charge in [0.05, 0.1) is 6.10 Å². The number of hydrogen-bond acceptors (Lipinski definition) is 1. The van der Waals surface area contributed by atoms with Crippen LogP contribution in [-0.4, -0.2) is 11.2 Å². The van der Waals surface area contributed by atoms with Crippen LogP contribution in [0.15, 0.2) is 23.3 Å². The van der Waals surface area contributed by atoms with Crippen molar-refractivity contribution in [3.63, 3.8) is 0 Å². The maximum Gasteiger partial charge on any atom is 0.0961 e. The molecule has 0 bridgehead atoms. The Labute approximate surface area is 107 Å². The Morgan fingerprint density at radius 3 is 2.41 bits per heavy atom. The van der Waals surface area contributed by atoms with E-state index in [0.717, 1.165) is 19.3 Å². The van der Waals surface area contributed by atoms with Gasteiger partial charge >= 0.3 is 0 Å². The predicted molar refractivity (Wildman–Crippen MR) is 75.0 cm³/mol. The third-order valence-electron chi connectivity index (χ3n) is 3.24. The summed E-state index contributed by atoms with van der Waals surface area (Å²) >= 11 is 0. The summed E-state index contributed by atoms with van der Waals surface area (Å²) in [6.45, 7) is 8.79. The first-order valence-corrected chi connectivity index (χ1v) is 7.02. The molecule has 0 heterocycles. The van der Waals surface area contributed by atoms with Crippen molar-refractivity contribution < 1.29 is 5.11 Å². The Kier molecular flexibility index (Phi) is 5.45.